The Morgan fingerprint density at radius 1 is 1.71 bits per heavy atom. The van der Waals surface area contributed by atoms with E-state index in [1.165, 1.54) is 22.2 Å². The van der Waals surface area contributed by atoms with Crippen molar-refractivity contribution in [3.05, 3.63) is 0 Å². The number of hydrogen-bond donors (Lipinski definition) is 1. The molecule has 0 N–H and O–H groups in total. The summed E-state index contributed by atoms with van der Waals surface area (Å²) in [5.74, 6) is 1.10. The molecule has 0 aliphatic rings. The van der Waals surface area contributed by atoms with E-state index in [1.807, 2.05) is 0 Å². The van der Waals surface area contributed by atoms with Gasteiger partial charge in [-0.2, -0.15) is 12.6 Å². The molecule has 0 fully saturated rings. The molecule has 0 amide bonds. The van der Waals surface area contributed by atoms with Crippen molar-refractivity contribution in [2.75, 3.05) is 5.75 Å². The third-order valence-corrected chi connectivity index (χ3v) is 4.55. The summed E-state index contributed by atoms with van der Waals surface area (Å²) < 4.78 is 0. The van der Waals surface area contributed by atoms with Crippen LogP contribution in [0.1, 0.15) is 6.42 Å². The van der Waals surface area contributed by atoms with Crippen molar-refractivity contribution in [1.82, 2.24) is 0 Å². The highest BCUT2D eigenvalue weighted by molar-refractivity contribution is 7.80. The fourth-order valence-corrected chi connectivity index (χ4v) is 3.27. The fourth-order valence-electron chi connectivity index (χ4n) is 0.500. The van der Waals surface area contributed by atoms with Crippen LogP contribution in [0.4, 0.5) is 0 Å². The van der Waals surface area contributed by atoms with Crippen LogP contribution in [0.25, 0.3) is 0 Å². The van der Waals surface area contributed by atoms with Crippen molar-refractivity contribution in [2.45, 2.75) is 19.0 Å². The van der Waals surface area contributed by atoms with Crippen molar-refractivity contribution in [3.63, 3.8) is 0 Å². The highest BCUT2D eigenvalue weighted by atomic mass is 32.1. The van der Waals surface area contributed by atoms with Crippen molar-refractivity contribution in [3.8, 4) is 0 Å². The normalized spacial score (nSPS) is 14.6. The summed E-state index contributed by atoms with van der Waals surface area (Å²) >= 11 is 4.13. The van der Waals surface area contributed by atoms with Gasteiger partial charge in [0, 0.05) is 8.31 Å². The summed E-state index contributed by atoms with van der Waals surface area (Å²) in [4.78, 5) is 0. The van der Waals surface area contributed by atoms with Gasteiger partial charge in [-0.3, -0.25) is 0 Å². The summed E-state index contributed by atoms with van der Waals surface area (Å²) in [5, 5.41) is 0. The smallest absolute Gasteiger partial charge is 0.0172 e. The highest BCUT2D eigenvalue weighted by Gasteiger charge is 1.91. The molecule has 0 bridgehead atoms. The molecule has 1 atom stereocenters. The van der Waals surface area contributed by atoms with E-state index < -0.39 is 0 Å². The van der Waals surface area contributed by atoms with Gasteiger partial charge in [0.1, 0.15) is 0 Å². The van der Waals surface area contributed by atoms with Gasteiger partial charge >= 0.3 is 0 Å². The van der Waals surface area contributed by atoms with Gasteiger partial charge in [-0.25, -0.2) is 0 Å². The zero-order valence-electron chi connectivity index (χ0n) is 5.15. The Balaban J connectivity index is 2.68. The Morgan fingerprint density at radius 3 is 2.43 bits per heavy atom. The van der Waals surface area contributed by atoms with Gasteiger partial charge in [-0.05, 0) is 21.9 Å². The second-order valence-electron chi connectivity index (χ2n) is 2.26. The lowest BCUT2D eigenvalue weighted by Gasteiger charge is -1.96. The van der Waals surface area contributed by atoms with Crippen LogP contribution in [0.5, 0.6) is 0 Å². The van der Waals surface area contributed by atoms with E-state index in [0.29, 0.717) is 0 Å². The molecule has 0 aliphatic heterocycles. The van der Waals surface area contributed by atoms with Crippen LogP contribution >= 0.6 is 12.6 Å². The maximum Gasteiger partial charge on any atom is 0.0172 e. The van der Waals surface area contributed by atoms with Crippen LogP contribution in [0, 0.1) is 0 Å². The average Bonchev–Trinajstić information content (AvgIpc) is 1.61. The second-order valence-corrected chi connectivity index (χ2v) is 12.0. The van der Waals surface area contributed by atoms with Crippen molar-refractivity contribution in [1.29, 1.82) is 0 Å². The molecule has 3 heteroatoms. The van der Waals surface area contributed by atoms with E-state index in [1.54, 1.807) is 0 Å². The van der Waals surface area contributed by atoms with Crippen LogP contribution in [-0.4, -0.2) is 23.8 Å². The molecule has 0 saturated carbocycles. The van der Waals surface area contributed by atoms with Gasteiger partial charge in [0.05, 0.1) is 0 Å². The van der Waals surface area contributed by atoms with Crippen molar-refractivity contribution < 1.29 is 0 Å². The van der Waals surface area contributed by atoms with Crippen LogP contribution in [0.15, 0.2) is 0 Å². The number of rotatable bonds is 3. The predicted molar refractivity (Wildman–Crippen MR) is 46.2 cm³/mol. The zero-order chi connectivity index (χ0) is 5.70. The zero-order valence-corrected chi connectivity index (χ0v) is 9.20. The lowest BCUT2D eigenvalue weighted by Crippen LogP contribution is -2.05. The molecule has 0 heterocycles. The first-order chi connectivity index (χ1) is 3.27. The molecular formula is C4H14SSi2. The Labute approximate surface area is 55.9 Å². The monoisotopic (exact) mass is 150 g/mol. The topological polar surface area (TPSA) is 0 Å². The molecule has 0 saturated heterocycles. The molecule has 0 aromatic rings. The van der Waals surface area contributed by atoms with Crippen molar-refractivity contribution in [2.24, 2.45) is 0 Å². The highest BCUT2D eigenvalue weighted by Crippen LogP contribution is 1.94. The molecule has 7 heavy (non-hydrogen) atoms. The molecule has 0 aliphatic carbocycles. The molecule has 0 spiro atoms. The molecule has 0 aromatic carbocycles. The standard InChI is InChI=1S/C4H14SSi2/c1-7(6)4-2-3-5/h5,7H,2-4H2,1,6H3. The Kier molecular flexibility index (Phi) is 5.48. The van der Waals surface area contributed by atoms with Gasteiger partial charge in [-0.15, -0.1) is 0 Å². The summed E-state index contributed by atoms with van der Waals surface area (Å²) in [6.45, 7) is 2.44. The molecular weight excluding hydrogens is 136 g/mol. The first kappa shape index (κ1) is 7.78. The maximum absolute atomic E-state index is 4.13. The first-order valence-corrected chi connectivity index (χ1v) is 10.1. The van der Waals surface area contributed by atoms with Crippen LogP contribution in [0.3, 0.4) is 0 Å². The second kappa shape index (κ2) is 4.93. The van der Waals surface area contributed by atoms with E-state index in [-0.39, 0.29) is 8.31 Å². The molecule has 0 rings (SSSR count). The SMILES string of the molecule is C[SiH]([SiH3])CCCS. The fraction of sp³-hybridized carbons (Fsp3) is 1.00. The molecule has 44 valence electrons. The van der Waals surface area contributed by atoms with E-state index >= 15 is 0 Å². The van der Waals surface area contributed by atoms with Crippen LogP contribution in [-0.2, 0) is 0 Å². The minimum atomic E-state index is -0.0982. The quantitative estimate of drug-likeness (QED) is 0.426. The molecule has 1 unspecified atom stereocenters. The third-order valence-electron chi connectivity index (χ3n) is 0.940. The number of hydrogen-bond acceptors (Lipinski definition) is 1. The van der Waals surface area contributed by atoms with Crippen LogP contribution < -0.4 is 0 Å². The van der Waals surface area contributed by atoms with E-state index in [2.05, 4.69) is 19.2 Å². The summed E-state index contributed by atoms with van der Waals surface area (Å²) in [5.41, 5.74) is 0. The average molecular weight is 150 g/mol. The summed E-state index contributed by atoms with van der Waals surface area (Å²) in [7, 11) is 1.39. The van der Waals surface area contributed by atoms with Gasteiger partial charge in [-0.1, -0.05) is 12.6 Å². The molecule has 0 aromatic heterocycles. The minimum Gasteiger partial charge on any atom is -0.179 e. The Morgan fingerprint density at radius 2 is 2.29 bits per heavy atom. The molecule has 0 nitrogen and oxygen atoms in total. The number of thiol groups is 1. The summed E-state index contributed by atoms with van der Waals surface area (Å²) in [6.07, 6.45) is 1.36. The van der Waals surface area contributed by atoms with Gasteiger partial charge < -0.3 is 0 Å². The van der Waals surface area contributed by atoms with E-state index in [4.69, 9.17) is 0 Å². The Hall–Kier alpha value is 0.784. The molecule has 0 radical (unpaired) electrons. The van der Waals surface area contributed by atoms with Gasteiger partial charge in [0.25, 0.3) is 0 Å². The van der Waals surface area contributed by atoms with Gasteiger partial charge in [0.15, 0.2) is 0 Å². The summed E-state index contributed by atoms with van der Waals surface area (Å²) in [6, 6.07) is 1.52. The maximum atomic E-state index is 4.13. The van der Waals surface area contributed by atoms with Gasteiger partial charge in [0.2, 0.25) is 0 Å². The lowest BCUT2D eigenvalue weighted by atomic mass is 10.6. The van der Waals surface area contributed by atoms with E-state index in [9.17, 15) is 0 Å². The third kappa shape index (κ3) is 6.78. The van der Waals surface area contributed by atoms with Crippen molar-refractivity contribution >= 4 is 30.7 Å². The Bertz CT molecular complexity index is 38.7. The van der Waals surface area contributed by atoms with E-state index in [0.717, 1.165) is 5.75 Å². The minimum absolute atomic E-state index is 0.0982. The predicted octanol–water partition coefficient (Wildman–Crippen LogP) is 0.0253. The van der Waals surface area contributed by atoms with Crippen LogP contribution in [0.2, 0.25) is 12.6 Å². The largest absolute Gasteiger partial charge is 0.179 e. The lowest BCUT2D eigenvalue weighted by molar-refractivity contribution is 1.09. The first-order valence-electron chi connectivity index (χ1n) is 2.88.